The molecule has 0 saturated carbocycles. The Balaban J connectivity index is 2.29. The molecule has 0 fully saturated rings. The highest BCUT2D eigenvalue weighted by atomic mass is 19.1. The number of amides is 1. The lowest BCUT2D eigenvalue weighted by Crippen LogP contribution is -2.20. The minimum atomic E-state index is -0.574. The number of nitrogens with zero attached hydrogens (tertiary/aromatic N) is 4. The molecule has 0 spiro atoms. The highest BCUT2D eigenvalue weighted by Gasteiger charge is 2.21. The number of nitrogens with two attached hydrogens (primary N) is 2. The van der Waals surface area contributed by atoms with E-state index in [9.17, 15) is 9.18 Å². The molecule has 0 radical (unpaired) electrons. The van der Waals surface area contributed by atoms with Crippen LogP contribution in [0.1, 0.15) is 13.8 Å². The average Bonchev–Trinajstić information content (AvgIpc) is 2.85. The van der Waals surface area contributed by atoms with Gasteiger partial charge in [-0.3, -0.25) is 4.79 Å². The lowest BCUT2D eigenvalue weighted by atomic mass is 10.2. The van der Waals surface area contributed by atoms with Crippen molar-refractivity contribution >= 4 is 23.0 Å². The lowest BCUT2D eigenvalue weighted by Gasteiger charge is -2.12. The van der Waals surface area contributed by atoms with E-state index in [1.807, 2.05) is 13.8 Å². The molecule has 0 aliphatic rings. The molecule has 2 heterocycles. The van der Waals surface area contributed by atoms with Gasteiger partial charge in [0.25, 0.3) is 0 Å². The summed E-state index contributed by atoms with van der Waals surface area (Å²) in [5.74, 6) is -0.358. The number of hydrogen-bond donors (Lipinski definition) is 2. The average molecular weight is 344 g/mol. The number of ether oxygens (including phenoxy) is 1. The maximum atomic E-state index is 13.2. The van der Waals surface area contributed by atoms with E-state index in [4.69, 9.17) is 16.2 Å². The van der Waals surface area contributed by atoms with Gasteiger partial charge in [-0.15, -0.1) is 0 Å². The van der Waals surface area contributed by atoms with Crippen LogP contribution in [0.25, 0.3) is 22.6 Å². The van der Waals surface area contributed by atoms with Gasteiger partial charge in [0.2, 0.25) is 17.7 Å². The van der Waals surface area contributed by atoms with Crippen LogP contribution in [-0.4, -0.2) is 31.5 Å². The van der Waals surface area contributed by atoms with Gasteiger partial charge < -0.3 is 20.8 Å². The number of primary amides is 1. The maximum Gasteiger partial charge on any atom is 0.245 e. The van der Waals surface area contributed by atoms with Crippen LogP contribution in [0, 0.1) is 5.82 Å². The molecule has 8 nitrogen and oxygen atoms in total. The molecule has 2 aromatic heterocycles. The summed E-state index contributed by atoms with van der Waals surface area (Å²) in [7, 11) is 0. The van der Waals surface area contributed by atoms with E-state index < -0.39 is 5.91 Å². The van der Waals surface area contributed by atoms with Crippen LogP contribution in [0.5, 0.6) is 5.88 Å². The van der Waals surface area contributed by atoms with Crippen molar-refractivity contribution in [3.63, 3.8) is 0 Å². The van der Waals surface area contributed by atoms with Crippen molar-refractivity contribution in [3.8, 4) is 17.3 Å². The van der Waals surface area contributed by atoms with Gasteiger partial charge in [-0.25, -0.2) is 9.37 Å². The Hall–Kier alpha value is -3.23. The fraction of sp³-hybridized carbons (Fsp3) is 0.250. The first-order valence-corrected chi connectivity index (χ1v) is 7.59. The fourth-order valence-corrected chi connectivity index (χ4v) is 2.45. The van der Waals surface area contributed by atoms with Crippen molar-refractivity contribution in [2.45, 2.75) is 26.5 Å². The smallest absolute Gasteiger partial charge is 0.245 e. The predicted octanol–water partition coefficient (Wildman–Crippen LogP) is 1.49. The highest BCUT2D eigenvalue weighted by molar-refractivity contribution is 5.85. The zero-order valence-electron chi connectivity index (χ0n) is 13.7. The molecule has 0 unspecified atom stereocenters. The minimum absolute atomic E-state index is 0.00229. The number of rotatable bonds is 5. The summed E-state index contributed by atoms with van der Waals surface area (Å²) in [5, 5.41) is 0. The minimum Gasteiger partial charge on any atom is -0.473 e. The predicted molar refractivity (Wildman–Crippen MR) is 90.1 cm³/mol. The summed E-state index contributed by atoms with van der Waals surface area (Å²) >= 11 is 0. The van der Waals surface area contributed by atoms with Gasteiger partial charge in [-0.05, 0) is 38.1 Å². The number of imidazole rings is 1. The largest absolute Gasteiger partial charge is 0.473 e. The standard InChI is InChI=1S/C16H17FN6O2/c1-8(2)25-15-12-13(21-16(19)22-15)20-14(23(12)7-11(18)24)9-3-5-10(17)6-4-9/h3-6,8H,7H2,1-2H3,(H2,18,24)(H2,19,21,22). The first-order valence-electron chi connectivity index (χ1n) is 7.59. The Labute approximate surface area is 142 Å². The number of aromatic nitrogens is 4. The highest BCUT2D eigenvalue weighted by Crippen LogP contribution is 2.30. The van der Waals surface area contributed by atoms with Gasteiger partial charge in [0.15, 0.2) is 11.2 Å². The van der Waals surface area contributed by atoms with Gasteiger partial charge in [0.05, 0.1) is 6.10 Å². The van der Waals surface area contributed by atoms with E-state index >= 15 is 0 Å². The van der Waals surface area contributed by atoms with E-state index in [1.165, 1.54) is 12.1 Å². The first-order chi connectivity index (χ1) is 11.8. The van der Waals surface area contributed by atoms with Gasteiger partial charge in [0.1, 0.15) is 18.2 Å². The number of carbonyl (C=O) groups is 1. The molecule has 0 saturated heterocycles. The third-order valence-corrected chi connectivity index (χ3v) is 3.35. The van der Waals surface area contributed by atoms with Gasteiger partial charge >= 0.3 is 0 Å². The molecule has 130 valence electrons. The number of carbonyl (C=O) groups excluding carboxylic acids is 1. The molecule has 9 heteroatoms. The summed E-state index contributed by atoms with van der Waals surface area (Å²) in [4.78, 5) is 24.2. The van der Waals surface area contributed by atoms with Crippen molar-refractivity contribution in [1.29, 1.82) is 0 Å². The van der Waals surface area contributed by atoms with E-state index in [0.717, 1.165) is 0 Å². The summed E-state index contributed by atoms with van der Waals surface area (Å²) < 4.78 is 20.5. The first kappa shape index (κ1) is 16.6. The van der Waals surface area contributed by atoms with Gasteiger partial charge in [0, 0.05) is 5.56 Å². The number of anilines is 1. The normalized spacial score (nSPS) is 11.2. The van der Waals surface area contributed by atoms with Crippen LogP contribution in [0.3, 0.4) is 0 Å². The van der Waals surface area contributed by atoms with E-state index in [1.54, 1.807) is 16.7 Å². The molecule has 3 rings (SSSR count). The molecule has 4 N–H and O–H groups in total. The lowest BCUT2D eigenvalue weighted by molar-refractivity contribution is -0.118. The van der Waals surface area contributed by atoms with Crippen LogP contribution in [-0.2, 0) is 11.3 Å². The van der Waals surface area contributed by atoms with Crippen LogP contribution >= 0.6 is 0 Å². The molecule has 0 aliphatic carbocycles. The SMILES string of the molecule is CC(C)Oc1nc(N)nc2nc(-c3ccc(F)cc3)n(CC(N)=O)c12. The second kappa shape index (κ2) is 6.34. The molecule has 0 aliphatic heterocycles. The Morgan fingerprint density at radius 1 is 1.24 bits per heavy atom. The van der Waals surface area contributed by atoms with Gasteiger partial charge in [-0.1, -0.05) is 0 Å². The van der Waals surface area contributed by atoms with E-state index in [2.05, 4.69) is 15.0 Å². The summed E-state index contributed by atoms with van der Waals surface area (Å²) in [6.07, 6.45) is -0.177. The zero-order valence-corrected chi connectivity index (χ0v) is 13.7. The molecule has 0 atom stereocenters. The Morgan fingerprint density at radius 2 is 1.92 bits per heavy atom. The van der Waals surface area contributed by atoms with Crippen molar-refractivity contribution in [1.82, 2.24) is 19.5 Å². The van der Waals surface area contributed by atoms with Crippen LogP contribution in [0.15, 0.2) is 24.3 Å². The number of benzene rings is 1. The zero-order chi connectivity index (χ0) is 18.1. The molecule has 1 aromatic carbocycles. The molecular formula is C16H17FN6O2. The number of hydrogen-bond acceptors (Lipinski definition) is 6. The van der Waals surface area contributed by atoms with Crippen LogP contribution < -0.4 is 16.2 Å². The number of nitrogen functional groups attached to an aromatic ring is 1. The summed E-state index contributed by atoms with van der Waals surface area (Å²) in [6, 6.07) is 5.70. The number of halogens is 1. The maximum absolute atomic E-state index is 13.2. The molecule has 0 bridgehead atoms. The molecule has 25 heavy (non-hydrogen) atoms. The quantitative estimate of drug-likeness (QED) is 0.723. The van der Waals surface area contributed by atoms with Crippen LogP contribution in [0.4, 0.5) is 10.3 Å². The fourth-order valence-electron chi connectivity index (χ4n) is 2.45. The van der Waals surface area contributed by atoms with E-state index in [0.29, 0.717) is 16.9 Å². The Morgan fingerprint density at radius 3 is 2.52 bits per heavy atom. The van der Waals surface area contributed by atoms with Crippen molar-refractivity contribution in [3.05, 3.63) is 30.1 Å². The Bertz CT molecular complexity index is 936. The second-order valence-electron chi connectivity index (χ2n) is 5.72. The Kier molecular flexibility index (Phi) is 4.22. The van der Waals surface area contributed by atoms with Crippen molar-refractivity contribution in [2.75, 3.05) is 5.73 Å². The third kappa shape index (κ3) is 3.35. The molecule has 1 amide bonds. The molecule has 3 aromatic rings. The molecular weight excluding hydrogens is 327 g/mol. The topological polar surface area (TPSA) is 122 Å². The van der Waals surface area contributed by atoms with E-state index in [-0.39, 0.29) is 35.9 Å². The van der Waals surface area contributed by atoms with Gasteiger partial charge in [-0.2, -0.15) is 9.97 Å². The van der Waals surface area contributed by atoms with Crippen molar-refractivity contribution in [2.24, 2.45) is 5.73 Å². The number of fused-ring (bicyclic) bond motifs is 1. The van der Waals surface area contributed by atoms with Crippen LogP contribution in [0.2, 0.25) is 0 Å². The van der Waals surface area contributed by atoms with Crippen molar-refractivity contribution < 1.29 is 13.9 Å². The summed E-state index contributed by atoms with van der Waals surface area (Å²) in [5.41, 5.74) is 12.4. The second-order valence-corrected chi connectivity index (χ2v) is 5.72. The third-order valence-electron chi connectivity index (χ3n) is 3.35. The monoisotopic (exact) mass is 344 g/mol. The summed E-state index contributed by atoms with van der Waals surface area (Å²) in [6.45, 7) is 3.50.